The average Bonchev–Trinajstić information content (AvgIpc) is 3.48. The smallest absolute Gasteiger partial charge is 0.231 e. The predicted octanol–water partition coefficient (Wildman–Crippen LogP) is 5.62. The number of carbonyl (C=O) groups excluding carboxylic acids is 2. The largest absolute Gasteiger partial charge is 0.350 e. The molecule has 140 valence electrons. The van der Waals surface area contributed by atoms with Gasteiger partial charge in [-0.1, -0.05) is 25.3 Å². The Bertz CT molecular complexity index is 903. The normalized spacial score (nSPS) is 16.1. The third-order valence-corrected chi connectivity index (χ3v) is 8.07. The molecule has 1 fully saturated rings. The highest BCUT2D eigenvalue weighted by molar-refractivity contribution is 7.14. The fourth-order valence-electron chi connectivity index (χ4n) is 3.76. The molecule has 1 saturated carbocycles. The van der Waals surface area contributed by atoms with Crippen molar-refractivity contribution in [2.75, 3.05) is 0 Å². The van der Waals surface area contributed by atoms with E-state index < -0.39 is 0 Å². The molecule has 3 aromatic heterocycles. The fraction of sp³-hybridized carbons (Fsp3) is 0.333. The Morgan fingerprint density at radius 3 is 2.59 bits per heavy atom. The van der Waals surface area contributed by atoms with Crippen molar-refractivity contribution in [3.8, 4) is 0 Å². The van der Waals surface area contributed by atoms with Crippen molar-refractivity contribution in [2.45, 2.75) is 44.1 Å². The lowest BCUT2D eigenvalue weighted by Crippen LogP contribution is -2.45. The topological polar surface area (TPSA) is 46.2 Å². The van der Waals surface area contributed by atoms with Gasteiger partial charge < -0.3 is 5.32 Å². The van der Waals surface area contributed by atoms with Crippen molar-refractivity contribution < 1.29 is 9.59 Å². The van der Waals surface area contributed by atoms with E-state index in [1.165, 1.54) is 34.0 Å². The second-order valence-electron chi connectivity index (χ2n) is 6.91. The number of nitrogens with one attached hydrogen (secondary N) is 1. The van der Waals surface area contributed by atoms with Gasteiger partial charge in [0, 0.05) is 20.7 Å². The molecule has 1 aliphatic carbocycles. The van der Waals surface area contributed by atoms with Crippen LogP contribution < -0.4 is 5.32 Å². The summed E-state index contributed by atoms with van der Waals surface area (Å²) in [5, 5.41) is 9.00. The molecule has 1 N–H and O–H groups in total. The monoisotopic (exact) mass is 415 g/mol. The fourth-order valence-corrected chi connectivity index (χ4v) is 6.29. The zero-order valence-corrected chi connectivity index (χ0v) is 17.4. The van der Waals surface area contributed by atoms with Crippen molar-refractivity contribution in [3.63, 3.8) is 0 Å². The van der Waals surface area contributed by atoms with E-state index in [0.717, 1.165) is 41.0 Å². The molecule has 1 aliphatic rings. The third kappa shape index (κ3) is 3.79. The molecule has 3 nitrogen and oxygen atoms in total. The molecule has 3 aromatic rings. The van der Waals surface area contributed by atoms with Crippen LogP contribution in [0.4, 0.5) is 0 Å². The zero-order chi connectivity index (χ0) is 18.7. The molecule has 3 heterocycles. The van der Waals surface area contributed by atoms with E-state index in [4.69, 9.17) is 0 Å². The van der Waals surface area contributed by atoms with E-state index in [1.807, 2.05) is 35.0 Å². The Morgan fingerprint density at radius 1 is 1.04 bits per heavy atom. The third-order valence-electron chi connectivity index (χ3n) is 5.23. The first kappa shape index (κ1) is 18.6. The maximum absolute atomic E-state index is 13.2. The van der Waals surface area contributed by atoms with Gasteiger partial charge in [0.25, 0.3) is 0 Å². The highest BCUT2D eigenvalue weighted by atomic mass is 32.1. The van der Waals surface area contributed by atoms with Crippen molar-refractivity contribution >= 4 is 45.7 Å². The van der Waals surface area contributed by atoms with E-state index in [2.05, 4.69) is 16.8 Å². The summed E-state index contributed by atoms with van der Waals surface area (Å²) in [7, 11) is 0. The van der Waals surface area contributed by atoms with Crippen molar-refractivity contribution in [1.29, 1.82) is 0 Å². The summed E-state index contributed by atoms with van der Waals surface area (Å²) in [6.45, 7) is 0.480. The van der Waals surface area contributed by atoms with Crippen LogP contribution in [0.3, 0.4) is 0 Å². The maximum Gasteiger partial charge on any atom is 0.231 e. The summed E-state index contributed by atoms with van der Waals surface area (Å²) in [4.78, 5) is 28.5. The van der Waals surface area contributed by atoms with Crippen LogP contribution in [0.2, 0.25) is 0 Å². The molecular formula is C21H21NO2S3. The number of ketones is 1. The lowest BCUT2D eigenvalue weighted by molar-refractivity contribution is -0.128. The number of hydrogen-bond acceptors (Lipinski definition) is 5. The number of rotatable bonds is 6. The molecule has 0 unspecified atom stereocenters. The maximum atomic E-state index is 13.2. The van der Waals surface area contributed by atoms with Crippen LogP contribution in [-0.4, -0.2) is 11.7 Å². The Kier molecular flexibility index (Phi) is 5.57. The van der Waals surface area contributed by atoms with E-state index in [9.17, 15) is 9.59 Å². The predicted molar refractivity (Wildman–Crippen MR) is 113 cm³/mol. The second-order valence-corrected chi connectivity index (χ2v) is 9.81. The number of thiophene rings is 3. The minimum atomic E-state index is -0.376. The van der Waals surface area contributed by atoms with Gasteiger partial charge in [0.1, 0.15) is 0 Å². The Hall–Kier alpha value is -1.76. The molecule has 0 aromatic carbocycles. The number of hydrogen-bond donors (Lipinski definition) is 1. The average molecular weight is 416 g/mol. The molecule has 6 heteroatoms. The van der Waals surface area contributed by atoms with Crippen LogP contribution in [0.15, 0.2) is 46.5 Å². The van der Waals surface area contributed by atoms with E-state index in [1.54, 1.807) is 11.3 Å². The summed E-state index contributed by atoms with van der Waals surface area (Å²) in [6, 6.07) is 9.79. The molecule has 0 radical (unpaired) electrons. The highest BCUT2D eigenvalue weighted by Gasteiger charge is 2.41. The van der Waals surface area contributed by atoms with Gasteiger partial charge >= 0.3 is 0 Å². The van der Waals surface area contributed by atoms with Gasteiger partial charge in [-0.3, -0.25) is 9.59 Å². The zero-order valence-electron chi connectivity index (χ0n) is 14.9. The summed E-state index contributed by atoms with van der Waals surface area (Å²) >= 11 is 4.68. The number of carbonyl (C=O) groups is 2. The Labute approximate surface area is 171 Å². The van der Waals surface area contributed by atoms with E-state index >= 15 is 0 Å². The van der Waals surface area contributed by atoms with Crippen molar-refractivity contribution in [3.05, 3.63) is 66.7 Å². The van der Waals surface area contributed by atoms with Gasteiger partial charge in [0.15, 0.2) is 0 Å². The molecule has 0 saturated heterocycles. The van der Waals surface area contributed by atoms with Gasteiger partial charge in [-0.2, -0.15) is 11.3 Å². The molecule has 0 aliphatic heterocycles. The van der Waals surface area contributed by atoms with Gasteiger partial charge in [-0.15, -0.1) is 22.7 Å². The molecule has 0 atom stereocenters. The molecule has 1 amide bonds. The molecule has 27 heavy (non-hydrogen) atoms. The standard InChI is InChI=1S/C21H21NO2S3/c23-19(15-8-12-25-14-15)17-7-6-16(27-17)13-22-20(24)21(9-2-1-3-10-21)18-5-4-11-26-18/h4-8,11-12,14H,1-3,9-10,13H2,(H,22,24). The lowest BCUT2D eigenvalue weighted by Gasteiger charge is -2.35. The van der Waals surface area contributed by atoms with E-state index in [-0.39, 0.29) is 17.1 Å². The van der Waals surface area contributed by atoms with Crippen LogP contribution in [0, 0.1) is 0 Å². The van der Waals surface area contributed by atoms with Gasteiger partial charge in [0.2, 0.25) is 11.7 Å². The highest BCUT2D eigenvalue weighted by Crippen LogP contribution is 2.41. The van der Waals surface area contributed by atoms with Crippen molar-refractivity contribution in [1.82, 2.24) is 5.32 Å². The molecule has 0 spiro atoms. The van der Waals surface area contributed by atoms with E-state index in [0.29, 0.717) is 6.54 Å². The van der Waals surface area contributed by atoms with Gasteiger partial charge in [-0.25, -0.2) is 0 Å². The van der Waals surface area contributed by atoms with Crippen LogP contribution in [0.1, 0.15) is 57.1 Å². The first-order valence-corrected chi connectivity index (χ1v) is 11.8. The van der Waals surface area contributed by atoms with Gasteiger partial charge in [-0.05, 0) is 47.9 Å². The first-order valence-electron chi connectivity index (χ1n) is 9.17. The minimum absolute atomic E-state index is 0.0566. The Balaban J connectivity index is 1.45. The first-order chi connectivity index (χ1) is 13.2. The van der Waals surface area contributed by atoms with Crippen LogP contribution in [0.5, 0.6) is 0 Å². The summed E-state index contributed by atoms with van der Waals surface area (Å²) in [6.07, 6.45) is 5.25. The Morgan fingerprint density at radius 2 is 1.89 bits per heavy atom. The van der Waals surface area contributed by atoms with Crippen molar-refractivity contribution in [2.24, 2.45) is 0 Å². The SMILES string of the molecule is O=C(c1ccsc1)c1ccc(CNC(=O)C2(c3cccs3)CCCCC2)s1. The minimum Gasteiger partial charge on any atom is -0.350 e. The molecular weight excluding hydrogens is 394 g/mol. The summed E-state index contributed by atoms with van der Waals surface area (Å²) in [5.41, 5.74) is 0.357. The number of amides is 1. The summed E-state index contributed by atoms with van der Waals surface area (Å²) < 4.78 is 0. The second kappa shape index (κ2) is 8.09. The van der Waals surface area contributed by atoms with Gasteiger partial charge in [0.05, 0.1) is 16.8 Å². The van der Waals surface area contributed by atoms with Crippen LogP contribution in [-0.2, 0) is 16.8 Å². The molecule has 4 rings (SSSR count). The van der Waals surface area contributed by atoms with Crippen LogP contribution >= 0.6 is 34.0 Å². The molecule has 0 bridgehead atoms. The van der Waals surface area contributed by atoms with Crippen LogP contribution in [0.25, 0.3) is 0 Å². The quantitative estimate of drug-likeness (QED) is 0.531. The summed E-state index contributed by atoms with van der Waals surface area (Å²) in [5.74, 6) is 0.185. The lowest BCUT2D eigenvalue weighted by atomic mass is 9.72.